The fourth-order valence-electron chi connectivity index (χ4n) is 3.30. The summed E-state index contributed by atoms with van der Waals surface area (Å²) < 4.78 is 10.8. The first-order valence-corrected chi connectivity index (χ1v) is 9.49. The van der Waals surface area contributed by atoms with E-state index in [1.165, 1.54) is 6.42 Å². The van der Waals surface area contributed by atoms with E-state index in [4.69, 9.17) is 21.1 Å². The van der Waals surface area contributed by atoms with E-state index in [0.29, 0.717) is 16.5 Å². The molecule has 3 rings (SSSR count). The smallest absolute Gasteiger partial charge is 0.247 e. The number of nitrogens with zero attached hydrogens (tertiary/aromatic N) is 1. The molecule has 1 heterocycles. The molecule has 0 aliphatic carbocycles. The number of carbonyl (C=O) groups is 1. The molecule has 0 unspecified atom stereocenters. The van der Waals surface area contributed by atoms with E-state index in [0.717, 1.165) is 42.6 Å². The van der Waals surface area contributed by atoms with Crippen LogP contribution in [0.25, 0.3) is 5.57 Å². The monoisotopic (exact) mass is 385 g/mol. The number of likely N-dealkylation sites (tertiary alicyclic amines) is 1. The summed E-state index contributed by atoms with van der Waals surface area (Å²) in [6.45, 7) is 1.63. The van der Waals surface area contributed by atoms with Crippen LogP contribution in [0.5, 0.6) is 11.5 Å². The van der Waals surface area contributed by atoms with Gasteiger partial charge in [-0.3, -0.25) is 4.79 Å². The Hall–Kier alpha value is -2.46. The van der Waals surface area contributed by atoms with Gasteiger partial charge >= 0.3 is 0 Å². The number of methoxy groups -OCH3 is 2. The van der Waals surface area contributed by atoms with Crippen LogP contribution in [0.1, 0.15) is 30.4 Å². The molecule has 5 heteroatoms. The van der Waals surface area contributed by atoms with Gasteiger partial charge in [-0.2, -0.15) is 0 Å². The highest BCUT2D eigenvalue weighted by molar-refractivity contribution is 6.30. The van der Waals surface area contributed by atoms with Crippen LogP contribution in [0.4, 0.5) is 0 Å². The second kappa shape index (κ2) is 8.96. The van der Waals surface area contributed by atoms with Crippen molar-refractivity contribution in [2.24, 2.45) is 0 Å². The zero-order valence-corrected chi connectivity index (χ0v) is 16.5. The van der Waals surface area contributed by atoms with Crippen LogP contribution in [0.15, 0.2) is 48.5 Å². The zero-order chi connectivity index (χ0) is 19.2. The van der Waals surface area contributed by atoms with Gasteiger partial charge in [0, 0.05) is 24.2 Å². The summed E-state index contributed by atoms with van der Waals surface area (Å²) in [5, 5.41) is 0.660. The molecule has 0 spiro atoms. The SMILES string of the molecule is COc1ccc(/C(=C\C(=O)N2CCCCC2)c2ccc(Cl)cc2)cc1OC. The molecule has 2 aromatic rings. The van der Waals surface area contributed by atoms with Gasteiger partial charge in [0.15, 0.2) is 11.5 Å². The van der Waals surface area contributed by atoms with Crippen molar-refractivity contribution in [3.05, 3.63) is 64.7 Å². The van der Waals surface area contributed by atoms with E-state index in [1.54, 1.807) is 20.3 Å². The number of rotatable bonds is 5. The largest absolute Gasteiger partial charge is 0.493 e. The predicted octanol–water partition coefficient (Wildman–Crippen LogP) is 4.80. The molecule has 0 radical (unpaired) electrons. The summed E-state index contributed by atoms with van der Waals surface area (Å²) >= 11 is 6.05. The highest BCUT2D eigenvalue weighted by Crippen LogP contribution is 2.33. The Bertz CT molecular complexity index is 824. The standard InChI is InChI=1S/C22H24ClNO3/c1-26-20-11-8-17(14-21(20)27-2)19(16-6-9-18(23)10-7-16)15-22(25)24-12-4-3-5-13-24/h6-11,14-15H,3-5,12-13H2,1-2H3/b19-15-. The number of halogens is 1. The molecule has 1 fully saturated rings. The molecule has 4 nitrogen and oxygen atoms in total. The van der Waals surface area contributed by atoms with Crippen molar-refractivity contribution in [1.29, 1.82) is 0 Å². The third kappa shape index (κ3) is 4.64. The molecular weight excluding hydrogens is 362 g/mol. The van der Waals surface area contributed by atoms with Crippen molar-refractivity contribution in [3.63, 3.8) is 0 Å². The molecule has 0 N–H and O–H groups in total. The normalized spacial score (nSPS) is 14.8. The first-order chi connectivity index (χ1) is 13.1. The first kappa shape index (κ1) is 19.3. The predicted molar refractivity (Wildman–Crippen MR) is 109 cm³/mol. The maximum Gasteiger partial charge on any atom is 0.247 e. The van der Waals surface area contributed by atoms with Crippen LogP contribution in [0.2, 0.25) is 5.02 Å². The van der Waals surface area contributed by atoms with Gasteiger partial charge in [0.05, 0.1) is 14.2 Å². The lowest BCUT2D eigenvalue weighted by Crippen LogP contribution is -2.34. The minimum absolute atomic E-state index is 0.0365. The van der Waals surface area contributed by atoms with Gasteiger partial charge < -0.3 is 14.4 Å². The van der Waals surface area contributed by atoms with Crippen molar-refractivity contribution >= 4 is 23.1 Å². The summed E-state index contributed by atoms with van der Waals surface area (Å²) in [7, 11) is 3.21. The second-order valence-corrected chi connectivity index (χ2v) is 6.96. The number of ether oxygens (including phenoxy) is 2. The molecule has 1 amide bonds. The first-order valence-electron chi connectivity index (χ1n) is 9.11. The minimum atomic E-state index is 0.0365. The third-order valence-electron chi connectivity index (χ3n) is 4.79. The lowest BCUT2D eigenvalue weighted by atomic mass is 9.96. The van der Waals surface area contributed by atoms with E-state index < -0.39 is 0 Å². The van der Waals surface area contributed by atoms with Gasteiger partial charge in [0.25, 0.3) is 0 Å². The fraction of sp³-hybridized carbons (Fsp3) is 0.318. The van der Waals surface area contributed by atoms with Gasteiger partial charge in [-0.15, -0.1) is 0 Å². The molecule has 142 valence electrons. The van der Waals surface area contributed by atoms with E-state index >= 15 is 0 Å². The minimum Gasteiger partial charge on any atom is -0.493 e. The van der Waals surface area contributed by atoms with Crippen LogP contribution in [-0.2, 0) is 4.79 Å². The van der Waals surface area contributed by atoms with Crippen LogP contribution < -0.4 is 9.47 Å². The van der Waals surface area contributed by atoms with Crippen LogP contribution in [0, 0.1) is 0 Å². The highest BCUT2D eigenvalue weighted by atomic mass is 35.5. The molecule has 1 aliphatic heterocycles. The van der Waals surface area contributed by atoms with Crippen LogP contribution in [0.3, 0.4) is 0 Å². The average Bonchev–Trinajstić information content (AvgIpc) is 2.72. The van der Waals surface area contributed by atoms with Crippen molar-refractivity contribution in [2.75, 3.05) is 27.3 Å². The van der Waals surface area contributed by atoms with Gasteiger partial charge in [0.1, 0.15) is 0 Å². The number of hydrogen-bond donors (Lipinski definition) is 0. The van der Waals surface area contributed by atoms with E-state index in [-0.39, 0.29) is 5.91 Å². The Labute approximate surface area is 165 Å². The van der Waals surface area contributed by atoms with Gasteiger partial charge in [0.2, 0.25) is 5.91 Å². The maximum absolute atomic E-state index is 12.9. The van der Waals surface area contributed by atoms with Crippen LogP contribution in [-0.4, -0.2) is 38.1 Å². The van der Waals surface area contributed by atoms with E-state index in [1.807, 2.05) is 47.4 Å². The summed E-state index contributed by atoms with van der Waals surface area (Å²) in [6, 6.07) is 13.2. The Balaban J connectivity index is 2.03. The van der Waals surface area contributed by atoms with Gasteiger partial charge in [-0.05, 0) is 60.2 Å². The Morgan fingerprint density at radius 1 is 0.926 bits per heavy atom. The zero-order valence-electron chi connectivity index (χ0n) is 15.7. The Morgan fingerprint density at radius 3 is 2.19 bits per heavy atom. The molecule has 1 aliphatic rings. The summed E-state index contributed by atoms with van der Waals surface area (Å²) in [4.78, 5) is 14.8. The van der Waals surface area contributed by atoms with Crippen LogP contribution >= 0.6 is 11.6 Å². The lowest BCUT2D eigenvalue weighted by molar-refractivity contribution is -0.126. The number of benzene rings is 2. The summed E-state index contributed by atoms with van der Waals surface area (Å²) in [5.74, 6) is 1.31. The lowest BCUT2D eigenvalue weighted by Gasteiger charge is -2.26. The summed E-state index contributed by atoms with van der Waals surface area (Å²) in [5.41, 5.74) is 2.65. The van der Waals surface area contributed by atoms with E-state index in [9.17, 15) is 4.79 Å². The Kier molecular flexibility index (Phi) is 6.40. The highest BCUT2D eigenvalue weighted by Gasteiger charge is 2.17. The molecule has 1 saturated heterocycles. The molecule has 0 atom stereocenters. The van der Waals surface area contributed by atoms with Crippen molar-refractivity contribution in [3.8, 4) is 11.5 Å². The summed E-state index contributed by atoms with van der Waals surface area (Å²) in [6.07, 6.45) is 5.03. The molecular formula is C22H24ClNO3. The second-order valence-electron chi connectivity index (χ2n) is 6.52. The number of carbonyl (C=O) groups excluding carboxylic acids is 1. The molecule has 2 aromatic carbocycles. The van der Waals surface area contributed by atoms with Crippen molar-refractivity contribution in [2.45, 2.75) is 19.3 Å². The quantitative estimate of drug-likeness (QED) is 0.694. The van der Waals surface area contributed by atoms with Gasteiger partial charge in [-0.1, -0.05) is 29.8 Å². The third-order valence-corrected chi connectivity index (χ3v) is 5.04. The maximum atomic E-state index is 12.9. The number of amides is 1. The van der Waals surface area contributed by atoms with E-state index in [2.05, 4.69) is 0 Å². The molecule has 0 bridgehead atoms. The average molecular weight is 386 g/mol. The Morgan fingerprint density at radius 2 is 1.56 bits per heavy atom. The van der Waals surface area contributed by atoms with Crippen molar-refractivity contribution in [1.82, 2.24) is 4.90 Å². The fourth-order valence-corrected chi connectivity index (χ4v) is 3.42. The topological polar surface area (TPSA) is 38.8 Å². The number of hydrogen-bond acceptors (Lipinski definition) is 3. The molecule has 0 aromatic heterocycles. The molecule has 27 heavy (non-hydrogen) atoms. The van der Waals surface area contributed by atoms with Crippen molar-refractivity contribution < 1.29 is 14.3 Å². The van der Waals surface area contributed by atoms with Gasteiger partial charge in [-0.25, -0.2) is 0 Å². The molecule has 0 saturated carbocycles. The number of piperidine rings is 1.